The minimum atomic E-state index is -0.297. The van der Waals surface area contributed by atoms with Crippen LogP contribution in [-0.2, 0) is 25.4 Å². The van der Waals surface area contributed by atoms with Crippen LogP contribution in [0.15, 0.2) is 9.59 Å². The van der Waals surface area contributed by atoms with Gasteiger partial charge < -0.3 is 10.1 Å². The molecule has 1 fully saturated rings. The van der Waals surface area contributed by atoms with Crippen molar-refractivity contribution in [1.29, 1.82) is 0 Å². The summed E-state index contributed by atoms with van der Waals surface area (Å²) in [5, 5.41) is 3.18. The quantitative estimate of drug-likeness (QED) is 0.787. The highest BCUT2D eigenvalue weighted by Gasteiger charge is 2.26. The molecule has 2 aliphatic rings. The Hall–Kier alpha value is -1.60. The lowest BCUT2D eigenvalue weighted by molar-refractivity contribution is 0.0715. The molecule has 3 heterocycles. The van der Waals surface area contributed by atoms with Gasteiger partial charge in [-0.05, 0) is 12.8 Å². The predicted octanol–water partition coefficient (Wildman–Crippen LogP) is -0.552. The van der Waals surface area contributed by atoms with Crippen LogP contribution in [0, 0.1) is 0 Å². The molecule has 0 spiro atoms. The van der Waals surface area contributed by atoms with Gasteiger partial charge in [0.2, 0.25) is 0 Å². The molecule has 0 unspecified atom stereocenters. The van der Waals surface area contributed by atoms with Gasteiger partial charge >= 0.3 is 5.69 Å². The van der Waals surface area contributed by atoms with E-state index in [2.05, 4.69) is 10.2 Å². The van der Waals surface area contributed by atoms with Gasteiger partial charge in [0.25, 0.3) is 5.56 Å². The third-order valence-corrected chi connectivity index (χ3v) is 4.10. The van der Waals surface area contributed by atoms with E-state index in [0.29, 0.717) is 24.6 Å². The maximum absolute atomic E-state index is 12.2. The highest BCUT2D eigenvalue weighted by atomic mass is 16.5. The summed E-state index contributed by atoms with van der Waals surface area (Å²) in [6.45, 7) is 2.84. The lowest BCUT2D eigenvalue weighted by atomic mass is 10.2. The van der Waals surface area contributed by atoms with E-state index >= 15 is 0 Å². The molecule has 7 heteroatoms. The molecule has 110 valence electrons. The molecule has 3 rings (SSSR count). The summed E-state index contributed by atoms with van der Waals surface area (Å²) in [7, 11) is 3.20. The number of nitrogens with one attached hydrogen (secondary N) is 1. The van der Waals surface area contributed by atoms with Gasteiger partial charge in [-0.3, -0.25) is 18.8 Å². The summed E-state index contributed by atoms with van der Waals surface area (Å²) in [6.07, 6.45) is 2.45. The average molecular weight is 280 g/mol. The Kier molecular flexibility index (Phi) is 3.39. The van der Waals surface area contributed by atoms with Crippen LogP contribution in [0.2, 0.25) is 0 Å². The molecule has 0 amide bonds. The van der Waals surface area contributed by atoms with Crippen molar-refractivity contribution in [2.45, 2.75) is 25.5 Å². The van der Waals surface area contributed by atoms with Crippen molar-refractivity contribution < 1.29 is 4.74 Å². The minimum Gasteiger partial charge on any atom is -0.377 e. The zero-order valence-electron chi connectivity index (χ0n) is 11.9. The van der Waals surface area contributed by atoms with Crippen LogP contribution < -0.4 is 16.6 Å². The third-order valence-electron chi connectivity index (χ3n) is 4.10. The normalized spacial score (nSPS) is 22.6. The summed E-state index contributed by atoms with van der Waals surface area (Å²) in [4.78, 5) is 26.3. The van der Waals surface area contributed by atoms with Crippen LogP contribution in [0.25, 0.3) is 0 Å². The van der Waals surface area contributed by atoms with Crippen molar-refractivity contribution in [1.82, 2.24) is 14.0 Å². The van der Waals surface area contributed by atoms with Crippen molar-refractivity contribution in [3.05, 3.63) is 26.4 Å². The van der Waals surface area contributed by atoms with E-state index in [1.165, 1.54) is 11.6 Å². The number of nitrogens with zero attached hydrogens (tertiary/aromatic N) is 3. The van der Waals surface area contributed by atoms with Gasteiger partial charge in [-0.25, -0.2) is 4.79 Å². The number of fused-ring (bicyclic) bond motifs is 1. The maximum Gasteiger partial charge on any atom is 0.332 e. The van der Waals surface area contributed by atoms with Crippen LogP contribution in [-0.4, -0.2) is 40.0 Å². The molecule has 0 aliphatic carbocycles. The van der Waals surface area contributed by atoms with Crippen LogP contribution in [0.1, 0.15) is 18.4 Å². The van der Waals surface area contributed by atoms with Crippen molar-refractivity contribution in [2.24, 2.45) is 14.1 Å². The second-order valence-electron chi connectivity index (χ2n) is 5.51. The average Bonchev–Trinajstić information content (AvgIpc) is 2.95. The van der Waals surface area contributed by atoms with E-state index in [1.807, 2.05) is 0 Å². The summed E-state index contributed by atoms with van der Waals surface area (Å²) >= 11 is 0. The molecular weight excluding hydrogens is 260 g/mol. The lowest BCUT2D eigenvalue weighted by Gasteiger charge is -2.31. The molecule has 1 aromatic heterocycles. The molecule has 7 nitrogen and oxygen atoms in total. The molecule has 1 saturated heterocycles. The highest BCUT2D eigenvalue weighted by Crippen LogP contribution is 2.19. The molecule has 0 aromatic carbocycles. The Morgan fingerprint density at radius 1 is 1.30 bits per heavy atom. The molecular formula is C13H20N4O3. The van der Waals surface area contributed by atoms with Gasteiger partial charge in [-0.15, -0.1) is 0 Å². The van der Waals surface area contributed by atoms with Gasteiger partial charge in [-0.2, -0.15) is 0 Å². The maximum atomic E-state index is 12.2. The Bertz CT molecular complexity index is 628. The van der Waals surface area contributed by atoms with Gasteiger partial charge in [0.1, 0.15) is 5.82 Å². The largest absolute Gasteiger partial charge is 0.377 e. The monoisotopic (exact) mass is 280 g/mol. The number of ether oxygens (including phenoxy) is 1. The van der Waals surface area contributed by atoms with Crippen LogP contribution >= 0.6 is 0 Å². The Morgan fingerprint density at radius 2 is 2.10 bits per heavy atom. The van der Waals surface area contributed by atoms with E-state index in [0.717, 1.165) is 30.6 Å². The van der Waals surface area contributed by atoms with Crippen LogP contribution in [0.3, 0.4) is 0 Å². The summed E-state index contributed by atoms with van der Waals surface area (Å²) in [5.74, 6) is 0.640. The second kappa shape index (κ2) is 5.06. The summed E-state index contributed by atoms with van der Waals surface area (Å²) < 4.78 is 8.30. The molecule has 0 radical (unpaired) electrons. The molecule has 0 bridgehead atoms. The second-order valence-corrected chi connectivity index (χ2v) is 5.51. The van der Waals surface area contributed by atoms with Crippen LogP contribution in [0.5, 0.6) is 0 Å². The number of hydrogen-bond acceptors (Lipinski definition) is 5. The summed E-state index contributed by atoms with van der Waals surface area (Å²) in [6, 6.07) is 0. The lowest BCUT2D eigenvalue weighted by Crippen LogP contribution is -2.47. The van der Waals surface area contributed by atoms with Gasteiger partial charge in [-0.1, -0.05) is 0 Å². The van der Waals surface area contributed by atoms with Gasteiger partial charge in [0.05, 0.1) is 18.3 Å². The van der Waals surface area contributed by atoms with E-state index in [9.17, 15) is 9.59 Å². The van der Waals surface area contributed by atoms with E-state index < -0.39 is 0 Å². The molecule has 1 N–H and O–H groups in total. The number of anilines is 1. The summed E-state index contributed by atoms with van der Waals surface area (Å²) in [5.41, 5.74) is 0.139. The zero-order chi connectivity index (χ0) is 14.3. The fourth-order valence-corrected chi connectivity index (χ4v) is 2.95. The van der Waals surface area contributed by atoms with Gasteiger partial charge in [0.15, 0.2) is 0 Å². The van der Waals surface area contributed by atoms with E-state index in [-0.39, 0.29) is 17.4 Å². The minimum absolute atomic E-state index is 0.215. The molecule has 0 saturated carbocycles. The first-order chi connectivity index (χ1) is 9.58. The molecule has 1 atom stereocenters. The standard InChI is InChI=1S/C13H20N4O3/c1-15-11-10(12(18)16(2)13(15)19)7-17(8-14-11)6-9-4-3-5-20-9/h9,14H,3-8H2,1-2H3/t9-/m0/s1. The first-order valence-electron chi connectivity index (χ1n) is 6.94. The van der Waals surface area contributed by atoms with Crippen molar-refractivity contribution in [3.8, 4) is 0 Å². The van der Waals surface area contributed by atoms with Crippen LogP contribution in [0.4, 0.5) is 5.82 Å². The first-order valence-corrected chi connectivity index (χ1v) is 6.94. The van der Waals surface area contributed by atoms with Crippen molar-refractivity contribution in [3.63, 3.8) is 0 Å². The Labute approximate surface area is 116 Å². The fourth-order valence-electron chi connectivity index (χ4n) is 2.95. The Balaban J connectivity index is 1.87. The van der Waals surface area contributed by atoms with Gasteiger partial charge in [0, 0.05) is 33.8 Å². The highest BCUT2D eigenvalue weighted by molar-refractivity contribution is 5.45. The zero-order valence-corrected chi connectivity index (χ0v) is 11.9. The Morgan fingerprint density at radius 3 is 2.80 bits per heavy atom. The molecule has 20 heavy (non-hydrogen) atoms. The first kappa shape index (κ1) is 13.4. The topological polar surface area (TPSA) is 68.5 Å². The van der Waals surface area contributed by atoms with Crippen molar-refractivity contribution >= 4 is 5.82 Å². The molecule has 1 aromatic rings. The SMILES string of the molecule is Cn1c2c(c(=O)n(C)c1=O)CN(C[C@@H]1CCCO1)CN2. The third kappa shape index (κ3) is 2.16. The number of hydrogen-bond donors (Lipinski definition) is 1. The molecule has 2 aliphatic heterocycles. The number of aromatic nitrogens is 2. The fraction of sp³-hybridized carbons (Fsp3) is 0.692. The van der Waals surface area contributed by atoms with Crippen molar-refractivity contribution in [2.75, 3.05) is 25.1 Å². The predicted molar refractivity (Wildman–Crippen MR) is 74.8 cm³/mol. The van der Waals surface area contributed by atoms with E-state index in [4.69, 9.17) is 4.74 Å². The smallest absolute Gasteiger partial charge is 0.332 e. The number of rotatable bonds is 2. The van der Waals surface area contributed by atoms with E-state index in [1.54, 1.807) is 7.05 Å².